The number of nitrogens with two attached hydrogens (primary N) is 1. The molecule has 0 bridgehead atoms. The lowest BCUT2D eigenvalue weighted by atomic mass is 10.2. The van der Waals surface area contributed by atoms with Crippen molar-refractivity contribution in [1.29, 1.82) is 0 Å². The topological polar surface area (TPSA) is 102 Å². The number of anilines is 1. The summed E-state index contributed by atoms with van der Waals surface area (Å²) in [7, 11) is 0. The number of rotatable bonds is 5. The van der Waals surface area contributed by atoms with Gasteiger partial charge in [-0.05, 0) is 38.1 Å². The maximum absolute atomic E-state index is 12.6. The average Bonchev–Trinajstić information content (AvgIpc) is 3.10. The van der Waals surface area contributed by atoms with Crippen LogP contribution in [0.1, 0.15) is 24.3 Å². The molecule has 0 saturated carbocycles. The summed E-state index contributed by atoms with van der Waals surface area (Å²) >= 11 is 0. The smallest absolute Gasteiger partial charge is 0.272 e. The standard InChI is InChI=1S/C21H21N7O/c1-3-27(4-2)21(29)17-10-7-9-15(25-17)14-12-24-20-18(16-8-5-6-11-23-16)19(22)26-28(20)13-14/h5-13H,3-4H2,1-2H3,(H2,22,26). The van der Waals surface area contributed by atoms with Crippen molar-refractivity contribution < 1.29 is 4.79 Å². The first kappa shape index (κ1) is 18.5. The van der Waals surface area contributed by atoms with Crippen LogP contribution in [-0.4, -0.2) is 48.5 Å². The molecule has 4 rings (SSSR count). The highest BCUT2D eigenvalue weighted by Gasteiger charge is 2.17. The van der Waals surface area contributed by atoms with E-state index in [2.05, 4.69) is 20.1 Å². The van der Waals surface area contributed by atoms with Gasteiger partial charge in [0.25, 0.3) is 5.91 Å². The fourth-order valence-electron chi connectivity index (χ4n) is 3.23. The van der Waals surface area contributed by atoms with Crippen molar-refractivity contribution >= 4 is 17.4 Å². The van der Waals surface area contributed by atoms with E-state index in [4.69, 9.17) is 5.73 Å². The van der Waals surface area contributed by atoms with Crippen LogP contribution in [0.3, 0.4) is 0 Å². The van der Waals surface area contributed by atoms with Crippen LogP contribution in [0.4, 0.5) is 5.82 Å². The van der Waals surface area contributed by atoms with Crippen molar-refractivity contribution in [2.45, 2.75) is 13.8 Å². The molecule has 146 valence electrons. The third-order valence-corrected chi connectivity index (χ3v) is 4.74. The first-order valence-electron chi connectivity index (χ1n) is 9.44. The second-order valence-electron chi connectivity index (χ2n) is 6.47. The summed E-state index contributed by atoms with van der Waals surface area (Å²) in [6, 6.07) is 11.0. The highest BCUT2D eigenvalue weighted by molar-refractivity contribution is 5.93. The summed E-state index contributed by atoms with van der Waals surface area (Å²) in [6.45, 7) is 5.17. The van der Waals surface area contributed by atoms with E-state index in [1.165, 1.54) is 0 Å². The third kappa shape index (κ3) is 3.40. The van der Waals surface area contributed by atoms with Gasteiger partial charge >= 0.3 is 0 Å². The first-order chi connectivity index (χ1) is 14.1. The molecular weight excluding hydrogens is 366 g/mol. The number of nitrogens with zero attached hydrogens (tertiary/aromatic N) is 6. The molecule has 0 aliphatic rings. The summed E-state index contributed by atoms with van der Waals surface area (Å²) in [4.78, 5) is 27.8. The van der Waals surface area contributed by atoms with E-state index in [1.807, 2.05) is 44.2 Å². The molecule has 0 radical (unpaired) electrons. The first-order valence-corrected chi connectivity index (χ1v) is 9.44. The Kier molecular flexibility index (Phi) is 4.90. The van der Waals surface area contributed by atoms with Gasteiger partial charge in [-0.25, -0.2) is 14.5 Å². The van der Waals surface area contributed by atoms with Gasteiger partial charge in [0.15, 0.2) is 11.5 Å². The maximum Gasteiger partial charge on any atom is 0.272 e. The summed E-state index contributed by atoms with van der Waals surface area (Å²) in [5.41, 5.74) is 9.92. The van der Waals surface area contributed by atoms with Crippen LogP contribution >= 0.6 is 0 Å². The molecule has 0 aromatic carbocycles. The van der Waals surface area contributed by atoms with Crippen LogP contribution in [0.2, 0.25) is 0 Å². The van der Waals surface area contributed by atoms with Gasteiger partial charge in [-0.2, -0.15) is 0 Å². The molecule has 0 spiro atoms. The highest BCUT2D eigenvalue weighted by Crippen LogP contribution is 2.28. The number of fused-ring (bicyclic) bond motifs is 1. The second kappa shape index (κ2) is 7.67. The van der Waals surface area contributed by atoms with Gasteiger partial charge in [-0.1, -0.05) is 12.1 Å². The van der Waals surface area contributed by atoms with Crippen LogP contribution in [0, 0.1) is 0 Å². The predicted molar refractivity (Wildman–Crippen MR) is 111 cm³/mol. The SMILES string of the molecule is CCN(CC)C(=O)c1cccc(-c2cnc3c(-c4ccccn4)c(N)nn3c2)n1. The number of pyridine rings is 2. The normalized spacial score (nSPS) is 11.0. The van der Waals surface area contributed by atoms with Crippen molar-refractivity contribution in [3.8, 4) is 22.5 Å². The van der Waals surface area contributed by atoms with E-state index in [-0.39, 0.29) is 5.91 Å². The van der Waals surface area contributed by atoms with Gasteiger partial charge in [-0.15, -0.1) is 5.10 Å². The van der Waals surface area contributed by atoms with Crippen molar-refractivity contribution in [2.24, 2.45) is 0 Å². The van der Waals surface area contributed by atoms with Gasteiger partial charge in [0.2, 0.25) is 0 Å². The lowest BCUT2D eigenvalue weighted by molar-refractivity contribution is 0.0767. The Labute approximate surface area is 168 Å². The molecule has 4 aromatic heterocycles. The molecule has 4 heterocycles. The maximum atomic E-state index is 12.6. The Bertz CT molecular complexity index is 1170. The largest absolute Gasteiger partial charge is 0.382 e. The number of carbonyl (C=O) groups excluding carboxylic acids is 1. The summed E-state index contributed by atoms with van der Waals surface area (Å²) < 4.78 is 1.62. The van der Waals surface area contributed by atoms with E-state index < -0.39 is 0 Å². The van der Waals surface area contributed by atoms with E-state index in [0.29, 0.717) is 47.2 Å². The van der Waals surface area contributed by atoms with Gasteiger partial charge in [-0.3, -0.25) is 9.78 Å². The summed E-state index contributed by atoms with van der Waals surface area (Å²) in [6.07, 6.45) is 5.21. The summed E-state index contributed by atoms with van der Waals surface area (Å²) in [5.74, 6) is 0.262. The highest BCUT2D eigenvalue weighted by atomic mass is 16.2. The molecule has 0 unspecified atom stereocenters. The molecular formula is C21H21N7O. The monoisotopic (exact) mass is 387 g/mol. The minimum atomic E-state index is -0.0911. The fourth-order valence-corrected chi connectivity index (χ4v) is 3.23. The lowest BCUT2D eigenvalue weighted by Crippen LogP contribution is -2.31. The van der Waals surface area contributed by atoms with Crippen LogP contribution in [0.5, 0.6) is 0 Å². The van der Waals surface area contributed by atoms with Crippen LogP contribution in [0.25, 0.3) is 28.2 Å². The molecule has 8 heteroatoms. The molecule has 2 N–H and O–H groups in total. The van der Waals surface area contributed by atoms with E-state index >= 15 is 0 Å². The number of carbonyl (C=O) groups is 1. The zero-order chi connectivity index (χ0) is 20.4. The molecule has 0 fully saturated rings. The molecule has 29 heavy (non-hydrogen) atoms. The van der Waals surface area contributed by atoms with Crippen LogP contribution in [0.15, 0.2) is 55.0 Å². The molecule has 0 aliphatic heterocycles. The molecule has 0 saturated heterocycles. The zero-order valence-corrected chi connectivity index (χ0v) is 16.3. The van der Waals surface area contributed by atoms with E-state index in [9.17, 15) is 4.79 Å². The number of hydrogen-bond donors (Lipinski definition) is 1. The van der Waals surface area contributed by atoms with Gasteiger partial charge in [0.1, 0.15) is 5.69 Å². The quantitative estimate of drug-likeness (QED) is 0.565. The van der Waals surface area contributed by atoms with Gasteiger partial charge in [0.05, 0.1) is 17.0 Å². The number of amides is 1. The van der Waals surface area contributed by atoms with Crippen molar-refractivity contribution in [2.75, 3.05) is 18.8 Å². The van der Waals surface area contributed by atoms with Gasteiger partial charge < -0.3 is 10.6 Å². The second-order valence-corrected chi connectivity index (χ2v) is 6.47. The Hall–Kier alpha value is -3.81. The Morgan fingerprint density at radius 2 is 1.86 bits per heavy atom. The zero-order valence-electron chi connectivity index (χ0n) is 16.3. The molecule has 0 atom stereocenters. The number of aromatic nitrogens is 5. The summed E-state index contributed by atoms with van der Waals surface area (Å²) in [5, 5.41) is 4.38. The van der Waals surface area contributed by atoms with E-state index in [0.717, 1.165) is 5.56 Å². The van der Waals surface area contributed by atoms with Crippen molar-refractivity contribution in [3.05, 3.63) is 60.7 Å². The van der Waals surface area contributed by atoms with E-state index in [1.54, 1.807) is 34.1 Å². The Morgan fingerprint density at radius 1 is 1.07 bits per heavy atom. The number of nitrogen functional groups attached to an aromatic ring is 1. The Morgan fingerprint density at radius 3 is 2.59 bits per heavy atom. The van der Waals surface area contributed by atoms with Crippen LogP contribution < -0.4 is 5.73 Å². The molecule has 8 nitrogen and oxygen atoms in total. The fraction of sp³-hybridized carbons (Fsp3) is 0.190. The van der Waals surface area contributed by atoms with Gasteiger partial charge in [0, 0.05) is 37.2 Å². The van der Waals surface area contributed by atoms with Crippen LogP contribution in [-0.2, 0) is 0 Å². The van der Waals surface area contributed by atoms with Crippen molar-refractivity contribution in [3.63, 3.8) is 0 Å². The average molecular weight is 387 g/mol. The molecule has 0 aliphatic carbocycles. The minimum absolute atomic E-state index is 0.0911. The lowest BCUT2D eigenvalue weighted by Gasteiger charge is -2.18. The Balaban J connectivity index is 1.75. The van der Waals surface area contributed by atoms with Crippen molar-refractivity contribution in [1.82, 2.24) is 29.5 Å². The molecule has 1 amide bonds. The minimum Gasteiger partial charge on any atom is -0.382 e. The third-order valence-electron chi connectivity index (χ3n) is 4.74. The molecule has 4 aromatic rings. The predicted octanol–water partition coefficient (Wildman–Crippen LogP) is 2.92. The number of hydrogen-bond acceptors (Lipinski definition) is 6.